The van der Waals surface area contributed by atoms with E-state index >= 15 is 0 Å². The van der Waals surface area contributed by atoms with E-state index in [1.807, 2.05) is 0 Å². The normalized spacial score (nSPS) is 14.3. The number of hydrogen-bond donors (Lipinski definition) is 2. The molecule has 0 spiro atoms. The SMILES string of the molecule is CC(C)(N)CC(C)(C)c1ccc(C(C)(C)CC(C)(C)S)cc1. The Kier molecular flexibility index (Phi) is 5.52. The third-order valence-electron chi connectivity index (χ3n) is 4.22. The number of rotatable bonds is 6. The topological polar surface area (TPSA) is 26.0 Å². The summed E-state index contributed by atoms with van der Waals surface area (Å²) in [6, 6.07) is 9.10. The van der Waals surface area contributed by atoms with E-state index in [4.69, 9.17) is 18.4 Å². The maximum atomic E-state index is 6.22. The van der Waals surface area contributed by atoms with Crippen LogP contribution < -0.4 is 5.73 Å². The van der Waals surface area contributed by atoms with Gasteiger partial charge in [-0.2, -0.15) is 12.6 Å². The Bertz CT molecular complexity index is 437. The first-order valence-corrected chi connectivity index (χ1v) is 8.70. The molecule has 0 bridgehead atoms. The highest BCUT2D eigenvalue weighted by Gasteiger charge is 2.30. The molecule has 0 aliphatic rings. The van der Waals surface area contributed by atoms with E-state index in [9.17, 15) is 0 Å². The first-order chi connectivity index (χ1) is 9.62. The van der Waals surface area contributed by atoms with Gasteiger partial charge in [0.15, 0.2) is 0 Å². The van der Waals surface area contributed by atoms with Crippen molar-refractivity contribution in [1.82, 2.24) is 0 Å². The maximum Gasteiger partial charge on any atom is 0.0105 e. The Morgan fingerprint density at radius 2 is 1.05 bits per heavy atom. The molecule has 0 radical (unpaired) electrons. The van der Waals surface area contributed by atoms with E-state index < -0.39 is 0 Å². The average Bonchev–Trinajstić information content (AvgIpc) is 2.22. The zero-order valence-electron chi connectivity index (χ0n) is 15.7. The van der Waals surface area contributed by atoms with Gasteiger partial charge in [-0.3, -0.25) is 0 Å². The Hall–Kier alpha value is -0.470. The van der Waals surface area contributed by atoms with Gasteiger partial charge in [0.05, 0.1) is 0 Å². The number of nitrogens with two attached hydrogens (primary N) is 1. The van der Waals surface area contributed by atoms with E-state index in [1.165, 1.54) is 11.1 Å². The van der Waals surface area contributed by atoms with Crippen molar-refractivity contribution in [2.45, 2.75) is 89.3 Å². The highest BCUT2D eigenvalue weighted by atomic mass is 32.1. The van der Waals surface area contributed by atoms with Crippen molar-refractivity contribution >= 4 is 12.6 Å². The van der Waals surface area contributed by atoms with Crippen molar-refractivity contribution < 1.29 is 0 Å². The van der Waals surface area contributed by atoms with E-state index in [0.717, 1.165) is 12.8 Å². The van der Waals surface area contributed by atoms with Crippen LogP contribution in [-0.2, 0) is 10.8 Å². The maximum absolute atomic E-state index is 6.22. The summed E-state index contributed by atoms with van der Waals surface area (Å²) in [4.78, 5) is 0. The molecule has 1 rings (SSSR count). The lowest BCUT2D eigenvalue weighted by atomic mass is 9.73. The van der Waals surface area contributed by atoms with Crippen LogP contribution in [0.5, 0.6) is 0 Å². The van der Waals surface area contributed by atoms with E-state index in [2.05, 4.69) is 79.7 Å². The first kappa shape index (κ1) is 19.6. The van der Waals surface area contributed by atoms with Crippen molar-refractivity contribution in [3.8, 4) is 0 Å². The molecule has 0 aromatic heterocycles. The molecule has 1 aromatic rings. The van der Waals surface area contributed by atoms with Crippen molar-refractivity contribution in [3.05, 3.63) is 35.4 Å². The third-order valence-corrected chi connectivity index (χ3v) is 4.38. The molecule has 0 heterocycles. The molecule has 22 heavy (non-hydrogen) atoms. The van der Waals surface area contributed by atoms with Crippen molar-refractivity contribution in [1.29, 1.82) is 0 Å². The minimum Gasteiger partial charge on any atom is -0.326 e. The summed E-state index contributed by atoms with van der Waals surface area (Å²) in [7, 11) is 0. The average molecular weight is 322 g/mol. The Morgan fingerprint density at radius 3 is 1.32 bits per heavy atom. The Morgan fingerprint density at radius 1 is 0.727 bits per heavy atom. The predicted octanol–water partition coefficient (Wildman–Crippen LogP) is 5.47. The Balaban J connectivity index is 3.00. The summed E-state index contributed by atoms with van der Waals surface area (Å²) >= 11 is 4.70. The largest absolute Gasteiger partial charge is 0.326 e. The van der Waals surface area contributed by atoms with Crippen molar-refractivity contribution in [3.63, 3.8) is 0 Å². The lowest BCUT2D eigenvalue weighted by Gasteiger charge is -2.35. The van der Waals surface area contributed by atoms with Crippen LogP contribution >= 0.6 is 12.6 Å². The van der Waals surface area contributed by atoms with Gasteiger partial charge >= 0.3 is 0 Å². The fourth-order valence-electron chi connectivity index (χ4n) is 3.80. The Labute approximate surface area is 143 Å². The van der Waals surface area contributed by atoms with Gasteiger partial charge in [-0.15, -0.1) is 0 Å². The van der Waals surface area contributed by atoms with Crippen LogP contribution in [0.15, 0.2) is 24.3 Å². The highest BCUT2D eigenvalue weighted by molar-refractivity contribution is 7.81. The first-order valence-electron chi connectivity index (χ1n) is 8.25. The minimum absolute atomic E-state index is 0.0328. The molecular formula is C20H35NS. The second kappa shape index (κ2) is 6.20. The van der Waals surface area contributed by atoms with Gasteiger partial charge in [-0.05, 0) is 48.6 Å². The van der Waals surface area contributed by atoms with Gasteiger partial charge in [0, 0.05) is 10.3 Å². The van der Waals surface area contributed by atoms with Gasteiger partial charge in [-0.1, -0.05) is 65.8 Å². The molecule has 2 heteroatoms. The molecule has 2 N–H and O–H groups in total. The van der Waals surface area contributed by atoms with Crippen LogP contribution in [0.4, 0.5) is 0 Å². The van der Waals surface area contributed by atoms with Crippen LogP contribution in [0, 0.1) is 0 Å². The fourth-order valence-corrected chi connectivity index (χ4v) is 4.19. The van der Waals surface area contributed by atoms with E-state index in [0.29, 0.717) is 0 Å². The summed E-state index contributed by atoms with van der Waals surface area (Å²) in [5.41, 5.74) is 9.01. The van der Waals surface area contributed by atoms with Crippen LogP contribution in [0.1, 0.15) is 79.4 Å². The monoisotopic (exact) mass is 321 g/mol. The molecule has 0 atom stereocenters. The highest BCUT2D eigenvalue weighted by Crippen LogP contribution is 2.37. The lowest BCUT2D eigenvalue weighted by Crippen LogP contribution is -2.39. The fraction of sp³-hybridized carbons (Fsp3) is 0.700. The number of thiol groups is 1. The second-order valence-electron chi connectivity index (χ2n) is 9.50. The molecule has 0 unspecified atom stereocenters. The summed E-state index contributed by atoms with van der Waals surface area (Å²) in [5, 5.41) is 0. The summed E-state index contributed by atoms with van der Waals surface area (Å²) in [5.74, 6) is 0. The zero-order valence-corrected chi connectivity index (χ0v) is 16.6. The van der Waals surface area contributed by atoms with Crippen LogP contribution in [0.25, 0.3) is 0 Å². The van der Waals surface area contributed by atoms with Gasteiger partial charge in [0.1, 0.15) is 0 Å². The molecule has 0 amide bonds. The molecule has 1 aromatic carbocycles. The van der Waals surface area contributed by atoms with Gasteiger partial charge < -0.3 is 5.73 Å². The molecule has 0 aliphatic heterocycles. The molecule has 0 saturated heterocycles. The van der Waals surface area contributed by atoms with Crippen molar-refractivity contribution in [2.24, 2.45) is 5.73 Å². The standard InChI is InChI=1S/C20H35NS/c1-17(2,13-19(5,6)21)15-9-11-16(12-10-15)18(3,4)14-20(7,8)22/h9-12,22H,13-14,21H2,1-8H3. The number of benzene rings is 1. The van der Waals surface area contributed by atoms with Crippen LogP contribution in [0.3, 0.4) is 0 Å². The van der Waals surface area contributed by atoms with E-state index in [1.54, 1.807) is 0 Å². The molecule has 0 saturated carbocycles. The second-order valence-corrected chi connectivity index (χ2v) is 10.7. The molecule has 0 fully saturated rings. The van der Waals surface area contributed by atoms with Gasteiger partial charge in [0.2, 0.25) is 0 Å². The molecule has 0 aliphatic carbocycles. The molecule has 126 valence electrons. The van der Waals surface area contributed by atoms with Crippen LogP contribution in [0.2, 0.25) is 0 Å². The summed E-state index contributed by atoms with van der Waals surface area (Å²) in [6.45, 7) is 17.7. The quantitative estimate of drug-likeness (QED) is 0.668. The predicted molar refractivity (Wildman–Crippen MR) is 103 cm³/mol. The zero-order chi connectivity index (χ0) is 17.4. The summed E-state index contributed by atoms with van der Waals surface area (Å²) in [6.07, 6.45) is 2.01. The lowest BCUT2D eigenvalue weighted by molar-refractivity contribution is 0.350. The molecule has 1 nitrogen and oxygen atoms in total. The summed E-state index contributed by atoms with van der Waals surface area (Å²) < 4.78 is 0.0328. The number of hydrogen-bond acceptors (Lipinski definition) is 2. The van der Waals surface area contributed by atoms with Crippen molar-refractivity contribution in [2.75, 3.05) is 0 Å². The smallest absolute Gasteiger partial charge is 0.0105 e. The van der Waals surface area contributed by atoms with E-state index in [-0.39, 0.29) is 21.1 Å². The van der Waals surface area contributed by atoms with Gasteiger partial charge in [0.25, 0.3) is 0 Å². The van der Waals surface area contributed by atoms with Gasteiger partial charge in [-0.25, -0.2) is 0 Å². The molecular weight excluding hydrogens is 286 g/mol. The third kappa shape index (κ3) is 5.96. The van der Waals surface area contributed by atoms with Crippen LogP contribution in [-0.4, -0.2) is 10.3 Å². The minimum atomic E-state index is -0.155.